The molecule has 1 aliphatic heterocycles. The molecule has 2 heteroatoms. The molecule has 0 spiro atoms. The summed E-state index contributed by atoms with van der Waals surface area (Å²) in [5.41, 5.74) is 5.49. The second-order valence-electron chi connectivity index (χ2n) is 6.37. The number of hydrogen-bond acceptors (Lipinski definition) is 1. The van der Waals surface area contributed by atoms with Gasteiger partial charge in [-0.2, -0.15) is 0 Å². The summed E-state index contributed by atoms with van der Waals surface area (Å²) >= 11 is 0. The second-order valence-corrected chi connectivity index (χ2v) is 6.37. The third-order valence-corrected chi connectivity index (χ3v) is 4.69. The van der Waals surface area contributed by atoms with Gasteiger partial charge in [0.05, 0.1) is 0 Å². The summed E-state index contributed by atoms with van der Waals surface area (Å²) in [5, 5.41) is 3.57. The fourth-order valence-corrected chi connectivity index (χ4v) is 3.31. The van der Waals surface area contributed by atoms with E-state index >= 15 is 0 Å². The maximum atomic E-state index is 3.89. The van der Waals surface area contributed by atoms with E-state index in [2.05, 4.69) is 71.2 Å². The van der Waals surface area contributed by atoms with Gasteiger partial charge in [0, 0.05) is 24.9 Å². The van der Waals surface area contributed by atoms with Crippen molar-refractivity contribution in [3.05, 3.63) is 77.4 Å². The van der Waals surface area contributed by atoms with E-state index in [9.17, 15) is 0 Å². The molecule has 124 valence electrons. The van der Waals surface area contributed by atoms with Crippen LogP contribution in [0.3, 0.4) is 0 Å². The molecule has 1 heterocycles. The average Bonchev–Trinajstić information content (AvgIpc) is 2.64. The zero-order valence-corrected chi connectivity index (χ0v) is 14.4. The van der Waals surface area contributed by atoms with E-state index in [4.69, 9.17) is 0 Å². The summed E-state index contributed by atoms with van der Waals surface area (Å²) in [6.45, 7) is 8.26. The highest BCUT2D eigenvalue weighted by Gasteiger charge is 2.14. The molecule has 0 aliphatic carbocycles. The number of hydrogen-bond donors (Lipinski definition) is 1. The van der Waals surface area contributed by atoms with E-state index in [1.165, 1.54) is 35.1 Å². The Morgan fingerprint density at radius 1 is 1.04 bits per heavy atom. The lowest BCUT2D eigenvalue weighted by molar-refractivity contribution is -0.524. The van der Waals surface area contributed by atoms with Crippen LogP contribution in [0.25, 0.3) is 6.08 Å². The Balaban J connectivity index is 1.38. The first-order valence-corrected chi connectivity index (χ1v) is 8.95. The van der Waals surface area contributed by atoms with E-state index in [0.29, 0.717) is 0 Å². The van der Waals surface area contributed by atoms with Crippen LogP contribution in [0.2, 0.25) is 0 Å². The van der Waals surface area contributed by atoms with Crippen LogP contribution in [-0.4, -0.2) is 37.0 Å². The Morgan fingerprint density at radius 3 is 2.79 bits per heavy atom. The molecular weight excluding hydrogens is 292 g/mol. The number of nitrogens with one attached hydrogen (secondary N) is 1. The van der Waals surface area contributed by atoms with Crippen LogP contribution >= 0.6 is 0 Å². The van der Waals surface area contributed by atoms with Gasteiger partial charge in [0.15, 0.2) is 6.21 Å². The highest BCUT2D eigenvalue weighted by molar-refractivity contribution is 5.78. The van der Waals surface area contributed by atoms with Gasteiger partial charge in [-0.15, -0.1) is 0 Å². The van der Waals surface area contributed by atoms with E-state index in [1.54, 1.807) is 0 Å². The number of fused-ring (bicyclic) bond motifs is 1. The van der Waals surface area contributed by atoms with Crippen molar-refractivity contribution in [2.75, 3.05) is 26.2 Å². The van der Waals surface area contributed by atoms with Gasteiger partial charge >= 0.3 is 0 Å². The van der Waals surface area contributed by atoms with Crippen LogP contribution in [-0.2, 0) is 12.8 Å². The molecule has 0 saturated carbocycles. The summed E-state index contributed by atoms with van der Waals surface area (Å²) in [6, 6.07) is 17.2. The van der Waals surface area contributed by atoms with Crippen molar-refractivity contribution in [2.45, 2.75) is 19.3 Å². The lowest BCUT2D eigenvalue weighted by Crippen LogP contribution is -2.27. The fraction of sp³-hybridized carbons (Fsp3) is 0.318. The number of rotatable bonds is 8. The maximum Gasteiger partial charge on any atom is 0.170 e. The Bertz CT molecular complexity index is 715. The van der Waals surface area contributed by atoms with E-state index in [-0.39, 0.29) is 0 Å². The lowest BCUT2D eigenvalue weighted by Gasteiger charge is -2.12. The molecule has 0 aromatic heterocycles. The maximum absolute atomic E-state index is 3.89. The number of benzene rings is 2. The van der Waals surface area contributed by atoms with Crippen LogP contribution in [0.1, 0.15) is 28.7 Å². The van der Waals surface area contributed by atoms with Crippen molar-refractivity contribution in [3.63, 3.8) is 0 Å². The van der Waals surface area contributed by atoms with Crippen LogP contribution in [0, 0.1) is 0 Å². The zero-order valence-electron chi connectivity index (χ0n) is 14.4. The third kappa shape index (κ3) is 4.42. The third-order valence-electron chi connectivity index (χ3n) is 4.69. The SMILES string of the molecule is C=Cc1ccccc1CCNCCC[N+]1=Cc2ccccc2CC1. The molecule has 2 nitrogen and oxygen atoms in total. The Hall–Kier alpha value is -2.19. The predicted octanol–water partition coefficient (Wildman–Crippen LogP) is 3.54. The monoisotopic (exact) mass is 319 g/mol. The molecule has 0 atom stereocenters. The van der Waals surface area contributed by atoms with Crippen molar-refractivity contribution < 1.29 is 4.58 Å². The van der Waals surface area contributed by atoms with Gasteiger partial charge in [0.2, 0.25) is 0 Å². The molecule has 2 aromatic carbocycles. The van der Waals surface area contributed by atoms with Gasteiger partial charge in [-0.3, -0.25) is 0 Å². The Labute approximate surface area is 145 Å². The minimum absolute atomic E-state index is 1.03. The molecule has 1 N–H and O–H groups in total. The molecule has 0 radical (unpaired) electrons. The molecule has 0 saturated heterocycles. The van der Waals surface area contributed by atoms with Gasteiger partial charge in [-0.05, 0) is 35.7 Å². The standard InChI is InChI=1S/C22H27N2/c1-2-19-8-3-4-9-20(19)12-15-23-14-7-16-24-17-13-21-10-5-6-11-22(21)18-24/h2-6,8-11,18,23H,1,7,12-17H2/q+1. The fourth-order valence-electron chi connectivity index (χ4n) is 3.31. The highest BCUT2D eigenvalue weighted by atomic mass is 15.0. The van der Waals surface area contributed by atoms with Crippen LogP contribution in [0.4, 0.5) is 0 Å². The van der Waals surface area contributed by atoms with E-state index in [1.807, 2.05) is 6.08 Å². The molecule has 24 heavy (non-hydrogen) atoms. The second kappa shape index (κ2) is 8.60. The lowest BCUT2D eigenvalue weighted by atomic mass is 10.0. The molecule has 3 rings (SSSR count). The van der Waals surface area contributed by atoms with Crippen LogP contribution in [0.15, 0.2) is 55.1 Å². The molecule has 1 aliphatic rings. The van der Waals surface area contributed by atoms with Crippen molar-refractivity contribution >= 4 is 12.3 Å². The molecule has 0 unspecified atom stereocenters. The zero-order chi connectivity index (χ0) is 16.6. The largest absolute Gasteiger partial charge is 0.316 e. The topological polar surface area (TPSA) is 15.0 Å². The quantitative estimate of drug-likeness (QED) is 0.581. The van der Waals surface area contributed by atoms with Crippen molar-refractivity contribution in [2.24, 2.45) is 0 Å². The van der Waals surface area contributed by atoms with Gasteiger partial charge in [-0.25, -0.2) is 4.58 Å². The smallest absolute Gasteiger partial charge is 0.170 e. The van der Waals surface area contributed by atoms with Gasteiger partial charge in [0.25, 0.3) is 0 Å². The Morgan fingerprint density at radius 2 is 1.88 bits per heavy atom. The molecule has 0 amide bonds. The van der Waals surface area contributed by atoms with Gasteiger partial charge < -0.3 is 5.32 Å². The van der Waals surface area contributed by atoms with Gasteiger partial charge in [0.1, 0.15) is 13.1 Å². The van der Waals surface area contributed by atoms with Crippen LogP contribution in [0.5, 0.6) is 0 Å². The summed E-state index contributed by atoms with van der Waals surface area (Å²) in [5.74, 6) is 0. The summed E-state index contributed by atoms with van der Waals surface area (Å²) in [4.78, 5) is 0. The van der Waals surface area contributed by atoms with Crippen molar-refractivity contribution in [1.29, 1.82) is 0 Å². The first-order valence-electron chi connectivity index (χ1n) is 8.95. The predicted molar refractivity (Wildman–Crippen MR) is 103 cm³/mol. The molecule has 0 bridgehead atoms. The van der Waals surface area contributed by atoms with Crippen LogP contribution < -0.4 is 5.32 Å². The van der Waals surface area contributed by atoms with Crippen molar-refractivity contribution in [1.82, 2.24) is 5.32 Å². The van der Waals surface area contributed by atoms with Gasteiger partial charge in [-0.1, -0.05) is 55.1 Å². The normalized spacial score (nSPS) is 13.2. The number of nitrogens with zero attached hydrogens (tertiary/aromatic N) is 1. The first-order chi connectivity index (χ1) is 11.9. The minimum Gasteiger partial charge on any atom is -0.316 e. The average molecular weight is 319 g/mol. The first kappa shape index (κ1) is 16.7. The molecule has 2 aromatic rings. The molecule has 0 fully saturated rings. The molecular formula is C22H27N2+. The summed E-state index contributed by atoms with van der Waals surface area (Å²) in [7, 11) is 0. The van der Waals surface area contributed by atoms with E-state index < -0.39 is 0 Å². The summed E-state index contributed by atoms with van der Waals surface area (Å²) < 4.78 is 2.46. The van der Waals surface area contributed by atoms with E-state index in [0.717, 1.165) is 32.6 Å². The Kier molecular flexibility index (Phi) is 5.97. The van der Waals surface area contributed by atoms with Crippen molar-refractivity contribution in [3.8, 4) is 0 Å². The highest BCUT2D eigenvalue weighted by Crippen LogP contribution is 2.11. The summed E-state index contributed by atoms with van der Waals surface area (Å²) in [6.07, 6.45) is 7.67. The minimum atomic E-state index is 1.03.